The molecule has 0 aliphatic rings. The maximum Gasteiger partial charge on any atom is 0.253 e. The molecule has 6 heteroatoms. The second kappa shape index (κ2) is 9.35. The Balaban J connectivity index is 1.77. The van der Waals surface area contributed by atoms with Crippen LogP contribution in [0.3, 0.4) is 0 Å². The molecule has 0 atom stereocenters. The molecule has 0 fully saturated rings. The molecular formula is C25H28N2O3S. The number of hydrogen-bond acceptors (Lipinski definition) is 3. The van der Waals surface area contributed by atoms with E-state index in [2.05, 4.69) is 0 Å². The fourth-order valence-corrected chi connectivity index (χ4v) is 4.43. The highest BCUT2D eigenvalue weighted by Gasteiger charge is 2.19. The van der Waals surface area contributed by atoms with Crippen LogP contribution in [0.4, 0.5) is 5.69 Å². The standard InChI is InChI=1S/C25H28N2O3S/c1-19-14-20(2)16-24(15-19)27(31(4,29)30)18-22-10-12-23(13-11-22)25(28)26(3)17-21-8-6-5-7-9-21/h5-16H,17-18H2,1-4H3. The van der Waals surface area contributed by atoms with Crippen LogP contribution in [0, 0.1) is 13.8 Å². The quantitative estimate of drug-likeness (QED) is 0.546. The van der Waals surface area contributed by atoms with E-state index in [1.165, 1.54) is 10.6 Å². The Kier molecular flexibility index (Phi) is 6.81. The van der Waals surface area contributed by atoms with Gasteiger partial charge in [0, 0.05) is 19.2 Å². The van der Waals surface area contributed by atoms with Crippen LogP contribution in [-0.2, 0) is 23.1 Å². The summed E-state index contributed by atoms with van der Waals surface area (Å²) in [6.45, 7) is 4.62. The van der Waals surface area contributed by atoms with Crippen molar-refractivity contribution in [2.75, 3.05) is 17.6 Å². The highest BCUT2D eigenvalue weighted by molar-refractivity contribution is 7.92. The molecule has 5 nitrogen and oxygen atoms in total. The number of benzene rings is 3. The van der Waals surface area contributed by atoms with Crippen LogP contribution >= 0.6 is 0 Å². The van der Waals surface area contributed by atoms with Crippen molar-refractivity contribution >= 4 is 21.6 Å². The average Bonchev–Trinajstić information content (AvgIpc) is 2.71. The third-order valence-corrected chi connectivity index (χ3v) is 6.17. The predicted molar refractivity (Wildman–Crippen MR) is 126 cm³/mol. The van der Waals surface area contributed by atoms with Crippen molar-refractivity contribution in [1.29, 1.82) is 0 Å². The van der Waals surface area contributed by atoms with E-state index in [9.17, 15) is 13.2 Å². The van der Waals surface area contributed by atoms with E-state index in [0.29, 0.717) is 17.8 Å². The summed E-state index contributed by atoms with van der Waals surface area (Å²) in [5.74, 6) is -0.0790. The van der Waals surface area contributed by atoms with Gasteiger partial charge in [-0.2, -0.15) is 0 Å². The van der Waals surface area contributed by atoms with Gasteiger partial charge >= 0.3 is 0 Å². The number of hydrogen-bond donors (Lipinski definition) is 0. The second-order valence-electron chi connectivity index (χ2n) is 7.96. The summed E-state index contributed by atoms with van der Waals surface area (Å²) in [6.07, 6.45) is 1.21. The fraction of sp³-hybridized carbons (Fsp3) is 0.240. The molecule has 3 aromatic carbocycles. The van der Waals surface area contributed by atoms with Crippen LogP contribution in [0.5, 0.6) is 0 Å². The molecule has 0 radical (unpaired) electrons. The van der Waals surface area contributed by atoms with Gasteiger partial charge < -0.3 is 4.90 Å². The van der Waals surface area contributed by atoms with E-state index >= 15 is 0 Å². The van der Waals surface area contributed by atoms with Crippen LogP contribution in [0.25, 0.3) is 0 Å². The van der Waals surface area contributed by atoms with Gasteiger partial charge in [0.15, 0.2) is 0 Å². The first-order valence-electron chi connectivity index (χ1n) is 10.1. The Morgan fingerprint density at radius 2 is 1.35 bits per heavy atom. The molecule has 0 N–H and O–H groups in total. The van der Waals surface area contributed by atoms with Crippen molar-refractivity contribution in [3.63, 3.8) is 0 Å². The van der Waals surface area contributed by atoms with Crippen LogP contribution < -0.4 is 4.31 Å². The summed E-state index contributed by atoms with van der Waals surface area (Å²) in [7, 11) is -1.69. The number of aryl methyl sites for hydroxylation is 2. The van der Waals surface area contributed by atoms with Crippen LogP contribution in [0.1, 0.15) is 32.6 Å². The summed E-state index contributed by atoms with van der Waals surface area (Å²) in [5, 5.41) is 0. The van der Waals surface area contributed by atoms with Gasteiger partial charge in [0.05, 0.1) is 18.5 Å². The van der Waals surface area contributed by atoms with Crippen molar-refractivity contribution in [1.82, 2.24) is 4.90 Å². The van der Waals surface area contributed by atoms with Crippen molar-refractivity contribution in [2.45, 2.75) is 26.9 Å². The molecule has 0 unspecified atom stereocenters. The molecule has 1 amide bonds. The van der Waals surface area contributed by atoms with E-state index in [4.69, 9.17) is 0 Å². The first-order valence-corrected chi connectivity index (χ1v) is 11.9. The predicted octanol–water partition coefficient (Wildman–Crippen LogP) is 4.54. The van der Waals surface area contributed by atoms with Crippen LogP contribution in [-0.4, -0.2) is 32.5 Å². The molecular weight excluding hydrogens is 408 g/mol. The topological polar surface area (TPSA) is 57.7 Å². The summed E-state index contributed by atoms with van der Waals surface area (Å²) in [4.78, 5) is 14.4. The number of carbonyl (C=O) groups excluding carboxylic acids is 1. The lowest BCUT2D eigenvalue weighted by Gasteiger charge is -2.24. The van der Waals surface area contributed by atoms with Crippen molar-refractivity contribution in [3.8, 4) is 0 Å². The molecule has 0 aliphatic carbocycles. The number of nitrogens with zero attached hydrogens (tertiary/aromatic N) is 2. The summed E-state index contributed by atoms with van der Waals surface area (Å²) in [5.41, 5.74) is 5.10. The summed E-state index contributed by atoms with van der Waals surface area (Å²) >= 11 is 0. The highest BCUT2D eigenvalue weighted by atomic mass is 32.2. The van der Waals surface area contributed by atoms with Gasteiger partial charge in [0.25, 0.3) is 5.91 Å². The largest absolute Gasteiger partial charge is 0.337 e. The van der Waals surface area contributed by atoms with Gasteiger partial charge in [0.1, 0.15) is 0 Å². The molecule has 31 heavy (non-hydrogen) atoms. The Bertz CT molecular complexity index is 1140. The SMILES string of the molecule is Cc1cc(C)cc(N(Cc2ccc(C(=O)N(C)Cc3ccccc3)cc2)S(C)(=O)=O)c1. The smallest absolute Gasteiger partial charge is 0.253 e. The molecule has 0 saturated heterocycles. The zero-order valence-corrected chi connectivity index (χ0v) is 19.2. The summed E-state index contributed by atoms with van der Waals surface area (Å²) < 4.78 is 26.3. The minimum absolute atomic E-state index is 0.0790. The number of anilines is 1. The Morgan fingerprint density at radius 1 is 0.806 bits per heavy atom. The lowest BCUT2D eigenvalue weighted by molar-refractivity contribution is 0.0785. The maximum atomic E-state index is 12.8. The van der Waals surface area contributed by atoms with E-state index in [1.54, 1.807) is 24.1 Å². The number of amides is 1. The monoisotopic (exact) mass is 436 g/mol. The fourth-order valence-electron chi connectivity index (χ4n) is 3.56. The second-order valence-corrected chi connectivity index (χ2v) is 9.87. The first kappa shape index (κ1) is 22.6. The molecule has 0 heterocycles. The molecule has 0 aromatic heterocycles. The first-order chi connectivity index (χ1) is 14.6. The lowest BCUT2D eigenvalue weighted by Crippen LogP contribution is -2.29. The third kappa shape index (κ3) is 5.95. The lowest BCUT2D eigenvalue weighted by atomic mass is 10.1. The molecule has 162 valence electrons. The molecule has 0 bridgehead atoms. The van der Waals surface area contributed by atoms with E-state index in [-0.39, 0.29) is 12.5 Å². The zero-order valence-electron chi connectivity index (χ0n) is 18.4. The van der Waals surface area contributed by atoms with Gasteiger partial charge in [-0.15, -0.1) is 0 Å². The highest BCUT2D eigenvalue weighted by Crippen LogP contribution is 2.24. The average molecular weight is 437 g/mol. The third-order valence-electron chi connectivity index (χ3n) is 5.03. The summed E-state index contributed by atoms with van der Waals surface area (Å²) in [6, 6.07) is 22.7. The molecule has 0 spiro atoms. The number of rotatable bonds is 7. The molecule has 3 aromatic rings. The van der Waals surface area contributed by atoms with Gasteiger partial charge in [-0.25, -0.2) is 8.42 Å². The van der Waals surface area contributed by atoms with Crippen molar-refractivity contribution in [2.24, 2.45) is 0 Å². The van der Waals surface area contributed by atoms with Crippen molar-refractivity contribution in [3.05, 3.63) is 101 Å². The zero-order chi connectivity index (χ0) is 22.6. The van der Waals surface area contributed by atoms with Crippen molar-refractivity contribution < 1.29 is 13.2 Å². The van der Waals surface area contributed by atoms with Gasteiger partial charge in [-0.05, 0) is 60.4 Å². The van der Waals surface area contributed by atoms with E-state index in [1.807, 2.05) is 74.5 Å². The minimum atomic E-state index is -3.47. The van der Waals surface area contributed by atoms with Crippen LogP contribution in [0.15, 0.2) is 72.8 Å². The van der Waals surface area contributed by atoms with Gasteiger partial charge in [0.2, 0.25) is 10.0 Å². The molecule has 0 aliphatic heterocycles. The maximum absolute atomic E-state index is 12.8. The Morgan fingerprint density at radius 3 is 1.90 bits per heavy atom. The number of sulfonamides is 1. The molecule has 3 rings (SSSR count). The van der Waals surface area contributed by atoms with Crippen LogP contribution in [0.2, 0.25) is 0 Å². The van der Waals surface area contributed by atoms with E-state index < -0.39 is 10.0 Å². The number of carbonyl (C=O) groups is 1. The Hall–Kier alpha value is -3.12. The molecule has 0 saturated carbocycles. The minimum Gasteiger partial charge on any atom is -0.337 e. The van der Waals surface area contributed by atoms with Gasteiger partial charge in [-0.1, -0.05) is 48.5 Å². The van der Waals surface area contributed by atoms with E-state index in [0.717, 1.165) is 22.3 Å². The normalized spacial score (nSPS) is 11.2. The van der Waals surface area contributed by atoms with Gasteiger partial charge in [-0.3, -0.25) is 9.10 Å². The Labute approximate surface area is 185 Å².